The van der Waals surface area contributed by atoms with Crippen molar-refractivity contribution in [3.63, 3.8) is 0 Å². The van der Waals surface area contributed by atoms with Crippen LogP contribution in [0.3, 0.4) is 0 Å². The summed E-state index contributed by atoms with van der Waals surface area (Å²) >= 11 is 0. The summed E-state index contributed by atoms with van der Waals surface area (Å²) in [6, 6.07) is 32.0. The Morgan fingerprint density at radius 1 is 0.380 bits per heavy atom. The summed E-state index contributed by atoms with van der Waals surface area (Å²) in [5.41, 5.74) is 6.32. The van der Waals surface area contributed by atoms with Gasteiger partial charge < -0.3 is 8.97 Å². The minimum atomic E-state index is 0.788. The van der Waals surface area contributed by atoms with Crippen LogP contribution in [0.5, 0.6) is 0 Å². The van der Waals surface area contributed by atoms with Crippen molar-refractivity contribution in [1.82, 2.24) is 0 Å². The molecular formula is C48H66N2+2. The highest BCUT2D eigenvalue weighted by atomic mass is 15.4. The molecule has 0 heterocycles. The number of benzene rings is 4. The molecule has 266 valence electrons. The number of quaternary nitrogens is 2. The summed E-state index contributed by atoms with van der Waals surface area (Å²) in [4.78, 5) is 0. The largest absolute Gasteiger partial charge is 0.317 e. The molecule has 0 unspecified atom stereocenters. The maximum Gasteiger partial charge on any atom is 0.105 e. The van der Waals surface area contributed by atoms with Gasteiger partial charge >= 0.3 is 0 Å². The Bertz CT molecular complexity index is 1560. The Morgan fingerprint density at radius 2 is 0.680 bits per heavy atom. The molecule has 8 rings (SSSR count). The molecule has 0 bridgehead atoms. The molecule has 0 saturated heterocycles. The van der Waals surface area contributed by atoms with Gasteiger partial charge in [-0.05, 0) is 135 Å². The Balaban J connectivity index is 1.32. The predicted octanol–water partition coefficient (Wildman–Crippen LogP) is 12.9. The fourth-order valence-corrected chi connectivity index (χ4v) is 12.0. The van der Waals surface area contributed by atoms with E-state index in [0.717, 1.165) is 37.3 Å². The van der Waals surface area contributed by atoms with Crippen LogP contribution < -0.4 is 0 Å². The summed E-state index contributed by atoms with van der Waals surface area (Å²) in [6.07, 6.45) is 28.4. The average molecular weight is 671 g/mol. The van der Waals surface area contributed by atoms with Crippen molar-refractivity contribution in [2.75, 3.05) is 14.1 Å². The number of hydrogen-bond donors (Lipinski definition) is 0. The zero-order chi connectivity index (χ0) is 34.0. The van der Waals surface area contributed by atoms with Gasteiger partial charge in [-0.3, -0.25) is 0 Å². The summed E-state index contributed by atoms with van der Waals surface area (Å²) in [6.45, 7) is 2.32. The fraction of sp³-hybridized carbons (Fsp3) is 0.583. The van der Waals surface area contributed by atoms with Crippen LogP contribution in [0.15, 0.2) is 72.8 Å². The highest BCUT2D eigenvalue weighted by molar-refractivity contribution is 6.07. The van der Waals surface area contributed by atoms with E-state index in [9.17, 15) is 0 Å². The molecule has 4 aliphatic rings. The third-order valence-electron chi connectivity index (χ3n) is 14.9. The zero-order valence-electron chi connectivity index (χ0n) is 31.7. The first-order valence-corrected chi connectivity index (χ1v) is 21.3. The van der Waals surface area contributed by atoms with Gasteiger partial charge in [0.05, 0.1) is 38.3 Å². The molecule has 0 radical (unpaired) electrons. The average Bonchev–Trinajstić information content (AvgIpc) is 3.19. The number of rotatable bonds is 9. The Kier molecular flexibility index (Phi) is 10.4. The highest BCUT2D eigenvalue weighted by Crippen LogP contribution is 2.45. The second-order valence-corrected chi connectivity index (χ2v) is 17.8. The Hall–Kier alpha value is -2.68. The third-order valence-corrected chi connectivity index (χ3v) is 14.9. The third kappa shape index (κ3) is 6.69. The van der Waals surface area contributed by atoms with Crippen LogP contribution in [-0.4, -0.2) is 47.2 Å². The van der Waals surface area contributed by atoms with Gasteiger partial charge in [0.2, 0.25) is 0 Å². The van der Waals surface area contributed by atoms with Crippen molar-refractivity contribution in [3.8, 4) is 11.1 Å². The summed E-state index contributed by atoms with van der Waals surface area (Å²) in [5.74, 6) is 0. The minimum Gasteiger partial charge on any atom is -0.317 e. The highest BCUT2D eigenvalue weighted by Gasteiger charge is 2.44. The maximum atomic E-state index is 2.70. The number of hydrogen-bond acceptors (Lipinski definition) is 0. The van der Waals surface area contributed by atoms with E-state index in [0.29, 0.717) is 0 Å². The second kappa shape index (κ2) is 15.1. The number of fused-ring (bicyclic) bond motifs is 2. The van der Waals surface area contributed by atoms with E-state index in [2.05, 4.69) is 86.9 Å². The smallest absolute Gasteiger partial charge is 0.105 e. The van der Waals surface area contributed by atoms with Crippen molar-refractivity contribution in [3.05, 3.63) is 83.9 Å². The molecule has 4 aliphatic carbocycles. The van der Waals surface area contributed by atoms with Crippen LogP contribution in [-0.2, 0) is 13.1 Å². The minimum absolute atomic E-state index is 0.788. The van der Waals surface area contributed by atoms with Crippen molar-refractivity contribution in [2.45, 2.75) is 166 Å². The molecule has 0 N–H and O–H groups in total. The molecule has 4 aromatic carbocycles. The molecule has 4 fully saturated rings. The lowest BCUT2D eigenvalue weighted by molar-refractivity contribution is -0.971. The van der Waals surface area contributed by atoms with Crippen LogP contribution in [0, 0.1) is 0 Å². The summed E-state index contributed by atoms with van der Waals surface area (Å²) in [7, 11) is 5.41. The quantitative estimate of drug-likeness (QED) is 0.155. The standard InChI is InChI=1S/C48H66N2/c1-49(41-21-7-3-8-22-41,42-23-9-4-10-24-42)35-39-33-31-37-19-15-17-29-45(37)47(39)48-40(34-32-38-20-16-18-30-46(38)48)36-50(2,43-25-11-5-12-26-43)44-27-13-6-14-28-44/h15-20,29-34,41-44H,3-14,21-28,35-36H2,1-2H3/q+2. The van der Waals surface area contributed by atoms with E-state index >= 15 is 0 Å². The van der Waals surface area contributed by atoms with E-state index in [-0.39, 0.29) is 0 Å². The predicted molar refractivity (Wildman–Crippen MR) is 214 cm³/mol. The lowest BCUT2D eigenvalue weighted by Crippen LogP contribution is -2.59. The molecule has 0 atom stereocenters. The second-order valence-electron chi connectivity index (χ2n) is 17.8. The molecule has 0 aliphatic heterocycles. The first-order valence-electron chi connectivity index (χ1n) is 21.3. The van der Waals surface area contributed by atoms with Crippen molar-refractivity contribution in [1.29, 1.82) is 0 Å². The lowest BCUT2D eigenvalue weighted by Gasteiger charge is -2.51. The van der Waals surface area contributed by atoms with E-state index in [1.165, 1.54) is 159 Å². The number of nitrogens with zero attached hydrogens (tertiary/aromatic N) is 2. The zero-order valence-corrected chi connectivity index (χ0v) is 31.7. The van der Waals surface area contributed by atoms with Gasteiger partial charge in [0, 0.05) is 11.1 Å². The van der Waals surface area contributed by atoms with Crippen LogP contribution in [0.4, 0.5) is 0 Å². The van der Waals surface area contributed by atoms with Gasteiger partial charge in [-0.1, -0.05) is 98.5 Å². The fourth-order valence-electron chi connectivity index (χ4n) is 12.0. The molecule has 2 nitrogen and oxygen atoms in total. The van der Waals surface area contributed by atoms with E-state index in [1.54, 1.807) is 22.3 Å². The molecule has 0 spiro atoms. The van der Waals surface area contributed by atoms with Crippen LogP contribution >= 0.6 is 0 Å². The molecule has 2 heteroatoms. The molecule has 50 heavy (non-hydrogen) atoms. The van der Waals surface area contributed by atoms with Crippen molar-refractivity contribution >= 4 is 21.5 Å². The van der Waals surface area contributed by atoms with Gasteiger partial charge in [0.1, 0.15) is 13.1 Å². The molecule has 4 aromatic rings. The van der Waals surface area contributed by atoms with E-state index in [4.69, 9.17) is 0 Å². The first-order chi connectivity index (χ1) is 24.5. The van der Waals surface area contributed by atoms with Crippen LogP contribution in [0.2, 0.25) is 0 Å². The monoisotopic (exact) mass is 671 g/mol. The van der Waals surface area contributed by atoms with Crippen molar-refractivity contribution < 1.29 is 8.97 Å². The summed E-state index contributed by atoms with van der Waals surface area (Å²) in [5, 5.41) is 5.72. The van der Waals surface area contributed by atoms with E-state index in [1.807, 2.05) is 0 Å². The van der Waals surface area contributed by atoms with Crippen LogP contribution in [0.25, 0.3) is 32.7 Å². The Labute approximate surface area is 304 Å². The molecular weight excluding hydrogens is 605 g/mol. The maximum absolute atomic E-state index is 2.70. The molecule has 4 saturated carbocycles. The van der Waals surface area contributed by atoms with Gasteiger partial charge in [0.25, 0.3) is 0 Å². The first kappa shape index (κ1) is 34.4. The van der Waals surface area contributed by atoms with Crippen molar-refractivity contribution in [2.24, 2.45) is 0 Å². The molecule has 0 amide bonds. The lowest BCUT2D eigenvalue weighted by atomic mass is 9.82. The van der Waals surface area contributed by atoms with Crippen LogP contribution in [0.1, 0.15) is 140 Å². The van der Waals surface area contributed by atoms with Gasteiger partial charge in [-0.25, -0.2) is 0 Å². The Morgan fingerprint density at radius 3 is 1.00 bits per heavy atom. The van der Waals surface area contributed by atoms with Gasteiger partial charge in [-0.15, -0.1) is 0 Å². The normalized spacial score (nSPS) is 21.2. The summed E-state index contributed by atoms with van der Waals surface area (Å²) < 4.78 is 2.51. The van der Waals surface area contributed by atoms with Gasteiger partial charge in [0.15, 0.2) is 0 Å². The molecule has 0 aromatic heterocycles. The van der Waals surface area contributed by atoms with E-state index < -0.39 is 0 Å². The SMILES string of the molecule is C[N+](Cc1ccc2ccccc2c1-c1c(C[N+](C)(C2CCCCC2)C2CCCCC2)ccc2ccccc12)(C1CCCCC1)C1CCCCC1. The topological polar surface area (TPSA) is 0 Å². The van der Waals surface area contributed by atoms with Gasteiger partial charge in [-0.2, -0.15) is 0 Å².